The van der Waals surface area contributed by atoms with E-state index in [2.05, 4.69) is 28.0 Å². The van der Waals surface area contributed by atoms with Gasteiger partial charge in [-0.2, -0.15) is 0 Å². The van der Waals surface area contributed by atoms with Crippen LogP contribution in [-0.4, -0.2) is 15.6 Å². The first kappa shape index (κ1) is 14.0. The maximum atomic E-state index is 4.53. The minimum Gasteiger partial charge on any atom is -0.353 e. The van der Waals surface area contributed by atoms with Crippen LogP contribution in [0.1, 0.15) is 64.7 Å². The van der Waals surface area contributed by atoms with Gasteiger partial charge >= 0.3 is 0 Å². The third-order valence-corrected chi connectivity index (χ3v) is 5.40. The monoisotopic (exact) mass is 275 g/mol. The summed E-state index contributed by atoms with van der Waals surface area (Å²) in [5.74, 6) is 2.95. The van der Waals surface area contributed by atoms with Crippen molar-refractivity contribution in [2.24, 2.45) is 11.8 Å². The Morgan fingerprint density at radius 3 is 2.50 bits per heavy atom. The van der Waals surface area contributed by atoms with Crippen molar-refractivity contribution in [3.63, 3.8) is 0 Å². The molecule has 3 nitrogen and oxygen atoms in total. The highest BCUT2D eigenvalue weighted by molar-refractivity contribution is 5.28. The van der Waals surface area contributed by atoms with Crippen molar-refractivity contribution in [2.45, 2.75) is 77.3 Å². The van der Waals surface area contributed by atoms with Gasteiger partial charge in [0.2, 0.25) is 5.95 Å². The molecule has 3 heteroatoms. The molecule has 3 rings (SSSR count). The molecule has 2 aliphatic carbocycles. The Hall–Kier alpha value is -0.990. The molecule has 1 N–H and O–H groups in total. The van der Waals surface area contributed by atoms with Gasteiger partial charge in [0.15, 0.2) is 0 Å². The summed E-state index contributed by atoms with van der Waals surface area (Å²) in [6.45, 7) is 3.50. The van der Waals surface area contributed by atoms with Gasteiger partial charge in [0.05, 0.1) is 0 Å². The lowest BCUT2D eigenvalue weighted by molar-refractivity contribution is 0.248. The van der Waals surface area contributed by atoms with E-state index in [1.54, 1.807) is 0 Å². The number of nitrogens with one attached hydrogen (secondary N) is 1. The van der Waals surface area contributed by atoms with Gasteiger partial charge in [0.1, 0.15) is 0 Å². The van der Waals surface area contributed by atoms with Gasteiger partial charge in [-0.1, -0.05) is 39.0 Å². The summed E-state index contributed by atoms with van der Waals surface area (Å²) < 4.78 is 2.36. The van der Waals surface area contributed by atoms with E-state index >= 15 is 0 Å². The summed E-state index contributed by atoms with van der Waals surface area (Å²) in [6, 6.07) is 0.659. The minimum atomic E-state index is 0.659. The predicted octanol–water partition coefficient (Wildman–Crippen LogP) is 4.45. The number of hydrogen-bond donors (Lipinski definition) is 1. The van der Waals surface area contributed by atoms with Crippen LogP contribution in [0.15, 0.2) is 12.4 Å². The number of rotatable bonds is 5. The molecule has 0 amide bonds. The van der Waals surface area contributed by atoms with Gasteiger partial charge in [-0.05, 0) is 37.5 Å². The molecule has 1 aromatic heterocycles. The molecular weight excluding hydrogens is 246 g/mol. The SMILES string of the molecule is CCC1CCC(Cn2ccnc2NC2CCCC2)CC1. The van der Waals surface area contributed by atoms with Crippen LogP contribution in [0.4, 0.5) is 5.95 Å². The van der Waals surface area contributed by atoms with Crippen molar-refractivity contribution < 1.29 is 0 Å². The van der Waals surface area contributed by atoms with Gasteiger partial charge < -0.3 is 9.88 Å². The standard InChI is InChI=1S/C17H29N3/c1-2-14-7-9-15(10-8-14)13-20-12-11-18-17(20)19-16-5-3-4-6-16/h11-12,14-16H,2-10,13H2,1H3,(H,18,19). The van der Waals surface area contributed by atoms with Crippen LogP contribution in [0.5, 0.6) is 0 Å². The van der Waals surface area contributed by atoms with Crippen molar-refractivity contribution in [1.82, 2.24) is 9.55 Å². The molecule has 0 aliphatic heterocycles. The Morgan fingerprint density at radius 1 is 1.10 bits per heavy atom. The summed E-state index contributed by atoms with van der Waals surface area (Å²) in [5.41, 5.74) is 0. The molecule has 0 atom stereocenters. The first-order valence-corrected chi connectivity index (χ1v) is 8.62. The topological polar surface area (TPSA) is 29.9 Å². The minimum absolute atomic E-state index is 0.659. The van der Waals surface area contributed by atoms with Crippen LogP contribution in [-0.2, 0) is 6.54 Å². The van der Waals surface area contributed by atoms with Gasteiger partial charge in [-0.3, -0.25) is 0 Å². The fourth-order valence-electron chi connectivity index (χ4n) is 3.95. The summed E-state index contributed by atoms with van der Waals surface area (Å²) in [4.78, 5) is 4.53. The second kappa shape index (κ2) is 6.64. The molecular formula is C17H29N3. The van der Waals surface area contributed by atoms with E-state index in [9.17, 15) is 0 Å². The molecule has 112 valence electrons. The van der Waals surface area contributed by atoms with E-state index < -0.39 is 0 Å². The van der Waals surface area contributed by atoms with Gasteiger partial charge in [-0.25, -0.2) is 4.98 Å². The molecule has 1 heterocycles. The zero-order chi connectivity index (χ0) is 13.8. The van der Waals surface area contributed by atoms with Crippen LogP contribution < -0.4 is 5.32 Å². The zero-order valence-electron chi connectivity index (χ0n) is 12.9. The molecule has 20 heavy (non-hydrogen) atoms. The van der Waals surface area contributed by atoms with Gasteiger partial charge in [0.25, 0.3) is 0 Å². The zero-order valence-corrected chi connectivity index (χ0v) is 12.9. The van der Waals surface area contributed by atoms with E-state index in [1.165, 1.54) is 57.8 Å². The second-order valence-electron chi connectivity index (χ2n) is 6.82. The van der Waals surface area contributed by atoms with E-state index in [4.69, 9.17) is 0 Å². The maximum absolute atomic E-state index is 4.53. The molecule has 2 fully saturated rings. The van der Waals surface area contributed by atoms with Crippen molar-refractivity contribution in [1.29, 1.82) is 0 Å². The number of nitrogens with zero attached hydrogens (tertiary/aromatic N) is 2. The molecule has 0 radical (unpaired) electrons. The van der Waals surface area contributed by atoms with E-state index in [0.29, 0.717) is 6.04 Å². The third-order valence-electron chi connectivity index (χ3n) is 5.40. The molecule has 2 aliphatic rings. The third kappa shape index (κ3) is 3.36. The Bertz CT molecular complexity index is 398. The maximum Gasteiger partial charge on any atom is 0.202 e. The fourth-order valence-corrected chi connectivity index (χ4v) is 3.95. The Labute approximate surface area is 123 Å². The highest BCUT2D eigenvalue weighted by Gasteiger charge is 2.22. The number of anilines is 1. The molecule has 0 unspecified atom stereocenters. The van der Waals surface area contributed by atoms with Crippen LogP contribution >= 0.6 is 0 Å². The summed E-state index contributed by atoms with van der Waals surface area (Å²) in [5, 5.41) is 3.65. The summed E-state index contributed by atoms with van der Waals surface area (Å²) in [7, 11) is 0. The lowest BCUT2D eigenvalue weighted by Crippen LogP contribution is -2.22. The molecule has 1 aromatic rings. The first-order chi connectivity index (χ1) is 9.85. The highest BCUT2D eigenvalue weighted by Crippen LogP contribution is 2.32. The number of imidazole rings is 1. The molecule has 0 spiro atoms. The molecule has 2 saturated carbocycles. The van der Waals surface area contributed by atoms with Crippen LogP contribution in [0.25, 0.3) is 0 Å². The van der Waals surface area contributed by atoms with Crippen molar-refractivity contribution in [2.75, 3.05) is 5.32 Å². The summed E-state index contributed by atoms with van der Waals surface area (Å²) >= 11 is 0. The summed E-state index contributed by atoms with van der Waals surface area (Å²) in [6.07, 6.45) is 16.5. The van der Waals surface area contributed by atoms with Gasteiger partial charge in [-0.15, -0.1) is 0 Å². The average Bonchev–Trinajstić information content (AvgIpc) is 3.13. The number of aromatic nitrogens is 2. The smallest absolute Gasteiger partial charge is 0.202 e. The highest BCUT2D eigenvalue weighted by atomic mass is 15.2. The van der Waals surface area contributed by atoms with Crippen LogP contribution in [0, 0.1) is 11.8 Å². The largest absolute Gasteiger partial charge is 0.353 e. The van der Waals surface area contributed by atoms with E-state index in [-0.39, 0.29) is 0 Å². The quantitative estimate of drug-likeness (QED) is 0.860. The van der Waals surface area contributed by atoms with Crippen molar-refractivity contribution in [3.05, 3.63) is 12.4 Å². The average molecular weight is 275 g/mol. The fraction of sp³-hybridized carbons (Fsp3) is 0.824. The number of hydrogen-bond acceptors (Lipinski definition) is 2. The Kier molecular flexibility index (Phi) is 4.64. The molecule has 0 bridgehead atoms. The second-order valence-corrected chi connectivity index (χ2v) is 6.82. The first-order valence-electron chi connectivity index (χ1n) is 8.62. The Balaban J connectivity index is 1.54. The molecule has 0 saturated heterocycles. The Morgan fingerprint density at radius 2 is 1.80 bits per heavy atom. The van der Waals surface area contributed by atoms with E-state index in [0.717, 1.165) is 24.3 Å². The lowest BCUT2D eigenvalue weighted by atomic mass is 9.81. The predicted molar refractivity (Wildman–Crippen MR) is 83.8 cm³/mol. The van der Waals surface area contributed by atoms with Crippen molar-refractivity contribution in [3.8, 4) is 0 Å². The normalized spacial score (nSPS) is 27.9. The van der Waals surface area contributed by atoms with E-state index in [1.807, 2.05) is 6.20 Å². The van der Waals surface area contributed by atoms with Crippen LogP contribution in [0.2, 0.25) is 0 Å². The van der Waals surface area contributed by atoms with Crippen LogP contribution in [0.3, 0.4) is 0 Å². The molecule has 0 aromatic carbocycles. The lowest BCUT2D eigenvalue weighted by Gasteiger charge is -2.28. The van der Waals surface area contributed by atoms with Crippen molar-refractivity contribution >= 4 is 5.95 Å². The van der Waals surface area contributed by atoms with Gasteiger partial charge in [0, 0.05) is 25.0 Å².